The van der Waals surface area contributed by atoms with Crippen LogP contribution in [0.15, 0.2) is 65.2 Å². The number of carbonyl (C=O) groups is 1. The van der Waals surface area contributed by atoms with Crippen molar-refractivity contribution < 1.29 is 14.3 Å². The first-order chi connectivity index (χ1) is 13.6. The second-order valence-electron chi connectivity index (χ2n) is 6.41. The molecule has 1 atom stereocenters. The number of aliphatic imine (C=N–C) groups is 1. The SMILES string of the molecule is C=C(\C=C/C=N\C(=C/C=O)c1ccc(OC)c(OC)c1)C1=CCC(NC)CC1. The molecule has 0 aliphatic heterocycles. The standard InChI is InChI=1S/C23H28N2O3/c1-17(18-7-10-20(24-2)11-8-18)6-5-14-25-21(13-15-26)19-9-12-22(27-3)23(16-19)28-4/h5-7,9,12-16,20,24H,1,8,10-11H2,2-4H3/b6-5-,21-13-,25-14-. The van der Waals surface area contributed by atoms with E-state index in [-0.39, 0.29) is 0 Å². The maximum atomic E-state index is 11.0. The van der Waals surface area contributed by atoms with Crippen LogP contribution >= 0.6 is 0 Å². The Hall–Kier alpha value is -2.92. The summed E-state index contributed by atoms with van der Waals surface area (Å²) in [6.07, 6.45) is 13.0. The van der Waals surface area contributed by atoms with Gasteiger partial charge in [0, 0.05) is 23.9 Å². The molecule has 0 saturated carbocycles. The molecule has 1 aromatic rings. The van der Waals surface area contributed by atoms with Crippen LogP contribution in [0.2, 0.25) is 0 Å². The van der Waals surface area contributed by atoms with Crippen molar-refractivity contribution in [1.82, 2.24) is 5.32 Å². The number of carbonyl (C=O) groups excluding carboxylic acids is 1. The Morgan fingerprint density at radius 3 is 2.68 bits per heavy atom. The molecule has 1 unspecified atom stereocenters. The van der Waals surface area contributed by atoms with Crippen molar-refractivity contribution in [3.63, 3.8) is 0 Å². The minimum Gasteiger partial charge on any atom is -0.493 e. The van der Waals surface area contributed by atoms with Gasteiger partial charge in [-0.2, -0.15) is 0 Å². The zero-order valence-corrected chi connectivity index (χ0v) is 16.8. The molecule has 148 valence electrons. The highest BCUT2D eigenvalue weighted by atomic mass is 16.5. The van der Waals surface area contributed by atoms with Crippen LogP contribution < -0.4 is 14.8 Å². The van der Waals surface area contributed by atoms with Crippen molar-refractivity contribution in [2.75, 3.05) is 21.3 Å². The maximum Gasteiger partial charge on any atom is 0.161 e. The summed E-state index contributed by atoms with van der Waals surface area (Å²) in [6, 6.07) is 5.97. The van der Waals surface area contributed by atoms with Crippen molar-refractivity contribution in [3.8, 4) is 11.5 Å². The van der Waals surface area contributed by atoms with Gasteiger partial charge in [0.25, 0.3) is 0 Å². The van der Waals surface area contributed by atoms with Gasteiger partial charge >= 0.3 is 0 Å². The molecule has 0 spiro atoms. The van der Waals surface area contributed by atoms with Gasteiger partial charge in [-0.15, -0.1) is 0 Å². The minimum atomic E-state index is 0.542. The van der Waals surface area contributed by atoms with Gasteiger partial charge in [0.2, 0.25) is 0 Å². The summed E-state index contributed by atoms with van der Waals surface area (Å²) in [6.45, 7) is 4.14. The molecule has 28 heavy (non-hydrogen) atoms. The summed E-state index contributed by atoms with van der Waals surface area (Å²) in [5, 5.41) is 3.31. The molecule has 0 heterocycles. The Balaban J connectivity index is 2.08. The molecular weight excluding hydrogens is 352 g/mol. The number of hydrogen-bond acceptors (Lipinski definition) is 5. The monoisotopic (exact) mass is 380 g/mol. The Bertz CT molecular complexity index is 819. The molecule has 5 nitrogen and oxygen atoms in total. The minimum absolute atomic E-state index is 0.542. The fourth-order valence-electron chi connectivity index (χ4n) is 3.05. The summed E-state index contributed by atoms with van der Waals surface area (Å²) >= 11 is 0. The van der Waals surface area contributed by atoms with E-state index in [1.165, 1.54) is 11.6 Å². The number of methoxy groups -OCH3 is 2. The van der Waals surface area contributed by atoms with Gasteiger partial charge in [-0.1, -0.05) is 18.7 Å². The first-order valence-corrected chi connectivity index (χ1v) is 9.27. The lowest BCUT2D eigenvalue weighted by Crippen LogP contribution is -2.26. The van der Waals surface area contributed by atoms with Crippen molar-refractivity contribution in [1.29, 1.82) is 0 Å². The highest BCUT2D eigenvalue weighted by Crippen LogP contribution is 2.30. The number of nitrogens with zero attached hydrogens (tertiary/aromatic N) is 1. The molecule has 0 aromatic heterocycles. The van der Waals surface area contributed by atoms with Crippen molar-refractivity contribution in [3.05, 3.63) is 65.8 Å². The fourth-order valence-corrected chi connectivity index (χ4v) is 3.05. The molecule has 0 amide bonds. The first-order valence-electron chi connectivity index (χ1n) is 9.27. The molecule has 0 radical (unpaired) electrons. The third-order valence-electron chi connectivity index (χ3n) is 4.73. The number of allylic oxidation sites excluding steroid dienone is 5. The molecular formula is C23H28N2O3. The molecule has 1 N–H and O–H groups in total. The van der Waals surface area contributed by atoms with Crippen molar-refractivity contribution in [2.45, 2.75) is 25.3 Å². The van der Waals surface area contributed by atoms with Crippen LogP contribution in [0.3, 0.4) is 0 Å². The molecule has 1 aliphatic carbocycles. The zero-order valence-electron chi connectivity index (χ0n) is 16.8. The summed E-state index contributed by atoms with van der Waals surface area (Å²) in [5.41, 5.74) is 3.58. The lowest BCUT2D eigenvalue weighted by Gasteiger charge is -2.21. The van der Waals surface area contributed by atoms with Crippen LogP contribution in [0.4, 0.5) is 0 Å². The lowest BCUT2D eigenvalue weighted by atomic mass is 9.91. The van der Waals surface area contributed by atoms with Gasteiger partial charge < -0.3 is 14.8 Å². The van der Waals surface area contributed by atoms with E-state index >= 15 is 0 Å². The third kappa shape index (κ3) is 5.79. The molecule has 5 heteroatoms. The first kappa shape index (κ1) is 21.4. The molecule has 0 saturated heterocycles. The molecule has 1 aromatic carbocycles. The number of benzene rings is 1. The Labute approximate surface area is 167 Å². The van der Waals surface area contributed by atoms with Crippen LogP contribution in [-0.4, -0.2) is 39.8 Å². The van der Waals surface area contributed by atoms with Crippen LogP contribution in [-0.2, 0) is 4.79 Å². The van der Waals surface area contributed by atoms with E-state index in [4.69, 9.17) is 9.47 Å². The van der Waals surface area contributed by atoms with E-state index in [1.807, 2.05) is 25.3 Å². The Morgan fingerprint density at radius 1 is 1.29 bits per heavy atom. The smallest absolute Gasteiger partial charge is 0.161 e. The largest absolute Gasteiger partial charge is 0.493 e. The second kappa shape index (κ2) is 11.0. The van der Waals surface area contributed by atoms with Crippen LogP contribution in [0.25, 0.3) is 5.70 Å². The number of rotatable bonds is 9. The molecule has 1 aliphatic rings. The number of nitrogens with one attached hydrogen (secondary N) is 1. The fraction of sp³-hybridized carbons (Fsp3) is 0.304. The molecule has 2 rings (SSSR count). The zero-order chi connectivity index (χ0) is 20.4. The number of hydrogen-bond donors (Lipinski definition) is 1. The Kier molecular flexibility index (Phi) is 8.43. The predicted octanol–water partition coefficient (Wildman–Crippen LogP) is 4.13. The number of aldehydes is 1. The summed E-state index contributed by atoms with van der Waals surface area (Å²) in [7, 11) is 5.15. The second-order valence-corrected chi connectivity index (χ2v) is 6.41. The maximum absolute atomic E-state index is 11.0. The van der Waals surface area contributed by atoms with Gasteiger partial charge in [-0.05, 0) is 61.7 Å². The predicted molar refractivity (Wildman–Crippen MR) is 115 cm³/mol. The van der Waals surface area contributed by atoms with E-state index in [1.54, 1.807) is 32.6 Å². The topological polar surface area (TPSA) is 59.9 Å². The summed E-state index contributed by atoms with van der Waals surface area (Å²) < 4.78 is 10.6. The van der Waals surface area contributed by atoms with Crippen LogP contribution in [0.1, 0.15) is 24.8 Å². The normalized spacial score (nSPS) is 17.6. The average molecular weight is 380 g/mol. The van der Waals surface area contributed by atoms with Gasteiger partial charge in [-0.25, -0.2) is 0 Å². The van der Waals surface area contributed by atoms with Crippen LogP contribution in [0, 0.1) is 0 Å². The van der Waals surface area contributed by atoms with Crippen molar-refractivity contribution in [2.24, 2.45) is 4.99 Å². The van der Waals surface area contributed by atoms with Gasteiger partial charge in [0.05, 0.1) is 19.9 Å². The molecule has 0 fully saturated rings. The quantitative estimate of drug-likeness (QED) is 0.303. The summed E-state index contributed by atoms with van der Waals surface area (Å²) in [4.78, 5) is 15.4. The van der Waals surface area contributed by atoms with Crippen LogP contribution in [0.5, 0.6) is 11.5 Å². The molecule has 0 bridgehead atoms. The Morgan fingerprint density at radius 2 is 2.07 bits per heavy atom. The van der Waals surface area contributed by atoms with E-state index < -0.39 is 0 Å². The highest BCUT2D eigenvalue weighted by Gasteiger charge is 2.13. The summed E-state index contributed by atoms with van der Waals surface area (Å²) in [5.74, 6) is 1.21. The lowest BCUT2D eigenvalue weighted by molar-refractivity contribution is -0.104. The number of ether oxygens (including phenoxy) is 2. The van der Waals surface area contributed by atoms with Gasteiger partial charge in [0.1, 0.15) is 6.29 Å². The van der Waals surface area contributed by atoms with E-state index in [0.717, 1.165) is 36.7 Å². The van der Waals surface area contributed by atoms with E-state index in [0.29, 0.717) is 23.2 Å². The van der Waals surface area contributed by atoms with Gasteiger partial charge in [0.15, 0.2) is 11.5 Å². The third-order valence-corrected chi connectivity index (χ3v) is 4.73. The van der Waals surface area contributed by atoms with Gasteiger partial charge in [-0.3, -0.25) is 9.79 Å². The van der Waals surface area contributed by atoms with E-state index in [9.17, 15) is 4.79 Å². The average Bonchev–Trinajstić information content (AvgIpc) is 2.75. The van der Waals surface area contributed by atoms with E-state index in [2.05, 4.69) is 23.0 Å². The highest BCUT2D eigenvalue weighted by molar-refractivity contribution is 5.87. The van der Waals surface area contributed by atoms with Crippen molar-refractivity contribution >= 4 is 18.2 Å².